The van der Waals surface area contributed by atoms with Crippen molar-refractivity contribution in [3.63, 3.8) is 0 Å². The molecule has 260 valence electrons. The van der Waals surface area contributed by atoms with E-state index in [1.165, 1.54) is 38.9 Å². The monoisotopic (exact) mass is 707 g/mol. The van der Waals surface area contributed by atoms with E-state index in [-0.39, 0.29) is 5.69 Å². The number of hydrogen-bond acceptors (Lipinski definition) is 4. The SMILES string of the molecule is Cn1c(=O)n(C)c2cc(-c3ccc(-c4nc(-c5ccccc5)nc(-c5cccc6c5-c5ccccc5C65c6ccccc6-c6ccccc65)n4)cc3)ccc21. The highest BCUT2D eigenvalue weighted by atomic mass is 16.1. The second-order valence-corrected chi connectivity index (χ2v) is 14.5. The Balaban J connectivity index is 1.10. The van der Waals surface area contributed by atoms with Gasteiger partial charge in [0.15, 0.2) is 17.5 Å². The Kier molecular flexibility index (Phi) is 6.65. The lowest BCUT2D eigenvalue weighted by Gasteiger charge is -2.30. The third kappa shape index (κ3) is 4.36. The van der Waals surface area contributed by atoms with Crippen LogP contribution >= 0.6 is 0 Å². The van der Waals surface area contributed by atoms with Gasteiger partial charge in [-0.3, -0.25) is 9.13 Å². The summed E-state index contributed by atoms with van der Waals surface area (Å²) in [4.78, 5) is 28.1. The summed E-state index contributed by atoms with van der Waals surface area (Å²) in [7, 11) is 3.62. The van der Waals surface area contributed by atoms with Crippen molar-refractivity contribution < 1.29 is 0 Å². The molecule has 0 unspecified atom stereocenters. The molecule has 0 saturated carbocycles. The molecular formula is C49H33N5O. The van der Waals surface area contributed by atoms with Crippen molar-refractivity contribution in [1.29, 1.82) is 0 Å². The van der Waals surface area contributed by atoms with Crippen molar-refractivity contribution in [2.45, 2.75) is 5.41 Å². The van der Waals surface area contributed by atoms with Gasteiger partial charge in [0.25, 0.3) is 0 Å². The molecule has 0 saturated heterocycles. The Hall–Kier alpha value is -7.18. The van der Waals surface area contributed by atoms with Crippen molar-refractivity contribution in [3.05, 3.63) is 197 Å². The maximum atomic E-state index is 12.6. The fourth-order valence-corrected chi connectivity index (χ4v) is 9.17. The van der Waals surface area contributed by atoms with E-state index in [1.807, 2.05) is 43.4 Å². The number of rotatable bonds is 4. The predicted octanol–water partition coefficient (Wildman–Crippen LogP) is 10.1. The molecule has 2 aliphatic rings. The minimum atomic E-state index is -0.460. The van der Waals surface area contributed by atoms with Crippen molar-refractivity contribution in [2.24, 2.45) is 14.1 Å². The number of imidazole rings is 1. The largest absolute Gasteiger partial charge is 0.328 e. The molecule has 2 aliphatic carbocycles. The molecule has 0 bridgehead atoms. The summed E-state index contributed by atoms with van der Waals surface area (Å²) in [6.45, 7) is 0. The smallest absolute Gasteiger partial charge is 0.295 e. The van der Waals surface area contributed by atoms with Crippen LogP contribution in [0, 0.1) is 0 Å². The quantitative estimate of drug-likeness (QED) is 0.183. The fraction of sp³-hybridized carbons (Fsp3) is 0.0612. The molecule has 2 aromatic heterocycles. The van der Waals surface area contributed by atoms with Gasteiger partial charge in [0.2, 0.25) is 0 Å². The first-order valence-electron chi connectivity index (χ1n) is 18.5. The molecule has 0 N–H and O–H groups in total. The Labute approximate surface area is 317 Å². The van der Waals surface area contributed by atoms with Crippen LogP contribution in [-0.4, -0.2) is 24.1 Å². The van der Waals surface area contributed by atoms with Crippen LogP contribution < -0.4 is 5.69 Å². The molecule has 0 fully saturated rings. The predicted molar refractivity (Wildman–Crippen MR) is 220 cm³/mol. The zero-order valence-corrected chi connectivity index (χ0v) is 30.2. The van der Waals surface area contributed by atoms with Crippen LogP contribution in [0.25, 0.3) is 78.6 Å². The number of aromatic nitrogens is 5. The standard InChI is InChI=1S/C49H33N5O/c1-53-42-28-27-33(29-43(42)54(2)48(53)55)30-23-25-32(26-24-30)46-50-45(31-13-4-3-5-14-31)51-47(52-46)37-18-12-22-41-44(37)36-17-8-11-21-40(36)49(41)38-19-9-6-15-34(38)35-16-7-10-20-39(35)49/h3-29H,1-2H3. The van der Waals surface area contributed by atoms with Gasteiger partial charge in [-0.1, -0.05) is 152 Å². The summed E-state index contributed by atoms with van der Waals surface area (Å²) in [5, 5.41) is 0. The molecule has 7 aromatic carbocycles. The lowest BCUT2D eigenvalue weighted by atomic mass is 9.70. The molecule has 0 aliphatic heterocycles. The van der Waals surface area contributed by atoms with Crippen molar-refractivity contribution >= 4 is 11.0 Å². The molecule has 55 heavy (non-hydrogen) atoms. The molecule has 11 rings (SSSR count). The molecule has 0 amide bonds. The average Bonchev–Trinajstić information content (AvgIpc) is 3.81. The maximum absolute atomic E-state index is 12.6. The van der Waals surface area contributed by atoms with E-state index in [2.05, 4.69) is 127 Å². The molecule has 2 heterocycles. The van der Waals surface area contributed by atoms with Crippen LogP contribution in [0.2, 0.25) is 0 Å². The van der Waals surface area contributed by atoms with Crippen LogP contribution in [0.1, 0.15) is 22.3 Å². The van der Waals surface area contributed by atoms with Gasteiger partial charge in [0.05, 0.1) is 16.4 Å². The molecule has 6 nitrogen and oxygen atoms in total. The van der Waals surface area contributed by atoms with E-state index in [0.717, 1.165) is 44.4 Å². The summed E-state index contributed by atoms with van der Waals surface area (Å²) in [5.74, 6) is 1.85. The topological polar surface area (TPSA) is 65.6 Å². The van der Waals surface area contributed by atoms with Crippen LogP contribution in [0.4, 0.5) is 0 Å². The fourth-order valence-electron chi connectivity index (χ4n) is 9.17. The first-order valence-corrected chi connectivity index (χ1v) is 18.5. The van der Waals surface area contributed by atoms with Crippen LogP contribution in [0.3, 0.4) is 0 Å². The highest BCUT2D eigenvalue weighted by molar-refractivity contribution is 5.99. The van der Waals surface area contributed by atoms with Gasteiger partial charge >= 0.3 is 5.69 Å². The zero-order chi connectivity index (χ0) is 36.8. The second kappa shape index (κ2) is 11.7. The van der Waals surface area contributed by atoms with Gasteiger partial charge in [-0.05, 0) is 67.8 Å². The van der Waals surface area contributed by atoms with Gasteiger partial charge in [-0.25, -0.2) is 19.7 Å². The third-order valence-electron chi connectivity index (χ3n) is 11.7. The number of nitrogens with zero attached hydrogens (tertiary/aromatic N) is 5. The van der Waals surface area contributed by atoms with Gasteiger partial charge in [-0.2, -0.15) is 0 Å². The number of fused-ring (bicyclic) bond motifs is 11. The third-order valence-corrected chi connectivity index (χ3v) is 11.7. The van der Waals surface area contributed by atoms with Crippen molar-refractivity contribution in [3.8, 4) is 67.5 Å². The lowest BCUT2D eigenvalue weighted by molar-refractivity contribution is 0.794. The van der Waals surface area contributed by atoms with Crippen LogP contribution in [0.5, 0.6) is 0 Å². The maximum Gasteiger partial charge on any atom is 0.328 e. The molecular weight excluding hydrogens is 675 g/mol. The van der Waals surface area contributed by atoms with Gasteiger partial charge in [-0.15, -0.1) is 0 Å². The minimum Gasteiger partial charge on any atom is -0.295 e. The number of benzene rings is 7. The second-order valence-electron chi connectivity index (χ2n) is 14.5. The Morgan fingerprint density at radius 3 is 1.55 bits per heavy atom. The summed E-state index contributed by atoms with van der Waals surface area (Å²) in [6.07, 6.45) is 0. The first-order chi connectivity index (χ1) is 27.0. The van der Waals surface area contributed by atoms with E-state index >= 15 is 0 Å². The first kappa shape index (κ1) is 31.4. The van der Waals surface area contributed by atoms with E-state index in [9.17, 15) is 4.79 Å². The molecule has 0 atom stereocenters. The van der Waals surface area contributed by atoms with E-state index < -0.39 is 5.41 Å². The minimum absolute atomic E-state index is 0.0389. The highest BCUT2D eigenvalue weighted by Gasteiger charge is 2.52. The molecule has 6 heteroatoms. The van der Waals surface area contributed by atoms with Crippen molar-refractivity contribution in [2.75, 3.05) is 0 Å². The summed E-state index contributed by atoms with van der Waals surface area (Å²) < 4.78 is 3.37. The molecule has 1 spiro atoms. The lowest BCUT2D eigenvalue weighted by Crippen LogP contribution is -2.25. The van der Waals surface area contributed by atoms with Gasteiger partial charge in [0.1, 0.15) is 0 Å². The Bertz CT molecular complexity index is 3040. The highest BCUT2D eigenvalue weighted by Crippen LogP contribution is 2.63. The van der Waals surface area contributed by atoms with Crippen LogP contribution in [-0.2, 0) is 19.5 Å². The number of hydrogen-bond donors (Lipinski definition) is 0. The zero-order valence-electron chi connectivity index (χ0n) is 30.2. The van der Waals surface area contributed by atoms with Gasteiger partial charge < -0.3 is 0 Å². The van der Waals surface area contributed by atoms with Gasteiger partial charge in [0, 0.05) is 30.8 Å². The van der Waals surface area contributed by atoms with E-state index in [4.69, 9.17) is 15.0 Å². The summed E-state index contributed by atoms with van der Waals surface area (Å²) >= 11 is 0. The normalized spacial score (nSPS) is 13.1. The van der Waals surface area contributed by atoms with Crippen LogP contribution in [0.15, 0.2) is 169 Å². The van der Waals surface area contributed by atoms with E-state index in [0.29, 0.717) is 17.5 Å². The van der Waals surface area contributed by atoms with Crippen molar-refractivity contribution in [1.82, 2.24) is 24.1 Å². The summed E-state index contributed by atoms with van der Waals surface area (Å²) in [6, 6.07) is 57.8. The number of aryl methyl sites for hydroxylation is 2. The summed E-state index contributed by atoms with van der Waals surface area (Å²) in [5.41, 5.74) is 16.2. The Morgan fingerprint density at radius 1 is 0.400 bits per heavy atom. The molecule has 9 aromatic rings. The Morgan fingerprint density at radius 2 is 0.873 bits per heavy atom. The average molecular weight is 708 g/mol. The molecule has 0 radical (unpaired) electrons. The van der Waals surface area contributed by atoms with E-state index in [1.54, 1.807) is 16.2 Å².